The van der Waals surface area contributed by atoms with Crippen LogP contribution in [0.25, 0.3) is 0 Å². The van der Waals surface area contributed by atoms with Crippen molar-refractivity contribution in [2.24, 2.45) is 0 Å². The predicted octanol–water partition coefficient (Wildman–Crippen LogP) is 0.171. The maximum atomic E-state index is 11.2. The summed E-state index contributed by atoms with van der Waals surface area (Å²) in [6.07, 6.45) is 0. The Morgan fingerprint density at radius 2 is 1.88 bits per heavy atom. The lowest BCUT2D eigenvalue weighted by Gasteiger charge is -2.06. The van der Waals surface area contributed by atoms with Gasteiger partial charge >= 0.3 is 5.97 Å². The number of aliphatic carboxylic acids is 1. The normalized spacial score (nSPS) is 9.12. The highest BCUT2D eigenvalue weighted by molar-refractivity contribution is 5.84. The zero-order valence-electron chi connectivity index (χ0n) is 8.93. The number of carbonyl (C=O) groups excluding carboxylic acids is 1. The summed E-state index contributed by atoms with van der Waals surface area (Å²) in [5.41, 5.74) is 1.22. The minimum atomic E-state index is -1.09. The molecular weight excluding hydrogens is 222 g/mol. The quantitative estimate of drug-likeness (QED) is 0.672. The highest BCUT2D eigenvalue weighted by Crippen LogP contribution is 2.07. The number of amides is 1. The third kappa shape index (κ3) is 4.66. The van der Waals surface area contributed by atoms with Crippen molar-refractivity contribution in [3.8, 4) is 6.07 Å². The Balaban J connectivity index is 2.37. The third-order valence-electron chi connectivity index (χ3n) is 1.90. The number of nitriles is 1. The Morgan fingerprint density at radius 1 is 1.24 bits per heavy atom. The molecule has 0 atom stereocenters. The van der Waals surface area contributed by atoms with E-state index in [0.29, 0.717) is 11.3 Å². The lowest BCUT2D eigenvalue weighted by atomic mass is 10.2. The largest absolute Gasteiger partial charge is 0.480 e. The molecule has 0 spiro atoms. The molecule has 0 unspecified atom stereocenters. The molecule has 0 aliphatic rings. The molecule has 0 saturated heterocycles. The Hall–Kier alpha value is -2.55. The van der Waals surface area contributed by atoms with Crippen LogP contribution in [0.3, 0.4) is 0 Å². The van der Waals surface area contributed by atoms with Crippen LogP contribution >= 0.6 is 0 Å². The van der Waals surface area contributed by atoms with Crippen LogP contribution in [0.4, 0.5) is 5.69 Å². The van der Waals surface area contributed by atoms with E-state index in [0.717, 1.165) is 0 Å². The summed E-state index contributed by atoms with van der Waals surface area (Å²) in [4.78, 5) is 21.3. The summed E-state index contributed by atoms with van der Waals surface area (Å²) in [5.74, 6) is -1.49. The van der Waals surface area contributed by atoms with Gasteiger partial charge in [0, 0.05) is 5.69 Å². The van der Waals surface area contributed by atoms with E-state index >= 15 is 0 Å². The maximum Gasteiger partial charge on any atom is 0.322 e. The first kappa shape index (κ1) is 12.5. The lowest BCUT2D eigenvalue weighted by Crippen LogP contribution is -2.33. The maximum absolute atomic E-state index is 11.2. The average molecular weight is 233 g/mol. The summed E-state index contributed by atoms with van der Waals surface area (Å²) in [6, 6.07) is 8.56. The number of hydrogen-bond acceptors (Lipinski definition) is 4. The SMILES string of the molecule is N#Cc1ccc(NCC(=O)NCC(=O)O)cc1. The van der Waals surface area contributed by atoms with Crippen LogP contribution in [0.2, 0.25) is 0 Å². The Morgan fingerprint density at radius 3 is 2.41 bits per heavy atom. The van der Waals surface area contributed by atoms with Crippen molar-refractivity contribution >= 4 is 17.6 Å². The van der Waals surface area contributed by atoms with Gasteiger partial charge in [0.25, 0.3) is 0 Å². The van der Waals surface area contributed by atoms with Gasteiger partial charge < -0.3 is 15.7 Å². The predicted molar refractivity (Wildman–Crippen MR) is 60.3 cm³/mol. The van der Waals surface area contributed by atoms with Crippen LogP contribution in [-0.2, 0) is 9.59 Å². The third-order valence-corrected chi connectivity index (χ3v) is 1.90. The van der Waals surface area contributed by atoms with Gasteiger partial charge in [-0.3, -0.25) is 9.59 Å². The molecule has 0 heterocycles. The van der Waals surface area contributed by atoms with Crippen molar-refractivity contribution in [3.63, 3.8) is 0 Å². The summed E-state index contributed by atoms with van der Waals surface area (Å²) in [5, 5.41) is 21.9. The van der Waals surface area contributed by atoms with Gasteiger partial charge in [0.15, 0.2) is 0 Å². The number of carboxylic acids is 1. The number of anilines is 1. The van der Waals surface area contributed by atoms with E-state index in [2.05, 4.69) is 10.6 Å². The van der Waals surface area contributed by atoms with Crippen molar-refractivity contribution in [3.05, 3.63) is 29.8 Å². The Labute approximate surface area is 97.9 Å². The molecule has 1 aromatic rings. The molecule has 0 bridgehead atoms. The van der Waals surface area contributed by atoms with Gasteiger partial charge in [-0.1, -0.05) is 0 Å². The molecular formula is C11H11N3O3. The number of carboxylic acid groups (broad SMARTS) is 1. The molecule has 0 aliphatic carbocycles. The fraction of sp³-hybridized carbons (Fsp3) is 0.182. The molecule has 6 heteroatoms. The van der Waals surface area contributed by atoms with Crippen LogP contribution < -0.4 is 10.6 Å². The van der Waals surface area contributed by atoms with Crippen LogP contribution in [0, 0.1) is 11.3 Å². The summed E-state index contributed by atoms with van der Waals surface area (Å²) in [6.45, 7) is -0.410. The number of rotatable bonds is 5. The minimum Gasteiger partial charge on any atom is -0.480 e. The van der Waals surface area contributed by atoms with Crippen LogP contribution in [0.5, 0.6) is 0 Å². The first-order valence-electron chi connectivity index (χ1n) is 4.84. The fourth-order valence-corrected chi connectivity index (χ4v) is 1.08. The number of nitrogens with zero attached hydrogens (tertiary/aromatic N) is 1. The molecule has 3 N–H and O–H groups in total. The number of hydrogen-bond donors (Lipinski definition) is 3. The topological polar surface area (TPSA) is 102 Å². The van der Waals surface area contributed by atoms with Gasteiger partial charge in [0.05, 0.1) is 18.2 Å². The van der Waals surface area contributed by atoms with Gasteiger partial charge in [-0.2, -0.15) is 5.26 Å². The first-order chi connectivity index (χ1) is 8.11. The van der Waals surface area contributed by atoms with E-state index in [1.54, 1.807) is 24.3 Å². The van der Waals surface area contributed by atoms with Crippen LogP contribution in [0.15, 0.2) is 24.3 Å². The summed E-state index contributed by atoms with van der Waals surface area (Å²) < 4.78 is 0. The Bertz CT molecular complexity index is 448. The second-order valence-electron chi connectivity index (χ2n) is 3.21. The smallest absolute Gasteiger partial charge is 0.322 e. The second-order valence-corrected chi connectivity index (χ2v) is 3.21. The number of benzene rings is 1. The van der Waals surface area contributed by atoms with Crippen molar-refractivity contribution in [1.82, 2.24) is 5.32 Å². The fourth-order valence-electron chi connectivity index (χ4n) is 1.08. The molecule has 1 amide bonds. The molecule has 0 radical (unpaired) electrons. The van der Waals surface area contributed by atoms with E-state index < -0.39 is 18.4 Å². The molecule has 0 fully saturated rings. The average Bonchev–Trinajstić information content (AvgIpc) is 2.34. The van der Waals surface area contributed by atoms with Gasteiger partial charge in [-0.25, -0.2) is 0 Å². The molecule has 0 aliphatic heterocycles. The van der Waals surface area contributed by atoms with Gasteiger partial charge in [-0.15, -0.1) is 0 Å². The zero-order valence-corrected chi connectivity index (χ0v) is 8.93. The lowest BCUT2D eigenvalue weighted by molar-refractivity contribution is -0.137. The Kier molecular flexibility index (Phi) is 4.51. The second kappa shape index (κ2) is 6.12. The molecule has 1 rings (SSSR count). The van der Waals surface area contributed by atoms with E-state index in [9.17, 15) is 9.59 Å². The summed E-state index contributed by atoms with van der Waals surface area (Å²) >= 11 is 0. The van der Waals surface area contributed by atoms with Crippen molar-refractivity contribution in [1.29, 1.82) is 5.26 Å². The number of carbonyl (C=O) groups is 2. The van der Waals surface area contributed by atoms with Crippen molar-refractivity contribution in [2.75, 3.05) is 18.4 Å². The molecule has 0 saturated carbocycles. The summed E-state index contributed by atoms with van der Waals surface area (Å²) in [7, 11) is 0. The highest BCUT2D eigenvalue weighted by atomic mass is 16.4. The van der Waals surface area contributed by atoms with E-state index in [1.165, 1.54) is 0 Å². The van der Waals surface area contributed by atoms with E-state index in [4.69, 9.17) is 10.4 Å². The standard InChI is InChI=1S/C11H11N3O3/c12-5-8-1-3-9(4-2-8)13-6-10(15)14-7-11(16)17/h1-4,13H,6-7H2,(H,14,15)(H,16,17). The highest BCUT2D eigenvalue weighted by Gasteiger charge is 2.03. The van der Waals surface area contributed by atoms with Crippen molar-refractivity contribution in [2.45, 2.75) is 0 Å². The molecule has 88 valence electrons. The van der Waals surface area contributed by atoms with Crippen LogP contribution in [-0.4, -0.2) is 30.1 Å². The first-order valence-corrected chi connectivity index (χ1v) is 4.84. The molecule has 6 nitrogen and oxygen atoms in total. The van der Waals surface area contributed by atoms with Gasteiger partial charge in [-0.05, 0) is 24.3 Å². The van der Waals surface area contributed by atoms with Crippen molar-refractivity contribution < 1.29 is 14.7 Å². The van der Waals surface area contributed by atoms with E-state index in [1.807, 2.05) is 6.07 Å². The number of nitrogens with one attached hydrogen (secondary N) is 2. The van der Waals surface area contributed by atoms with Crippen LogP contribution in [0.1, 0.15) is 5.56 Å². The minimum absolute atomic E-state index is 0.0147. The van der Waals surface area contributed by atoms with Gasteiger partial charge in [0.1, 0.15) is 6.54 Å². The van der Waals surface area contributed by atoms with Gasteiger partial charge in [0.2, 0.25) is 5.91 Å². The zero-order chi connectivity index (χ0) is 12.7. The molecule has 17 heavy (non-hydrogen) atoms. The monoisotopic (exact) mass is 233 g/mol. The molecule has 0 aromatic heterocycles. The molecule has 1 aromatic carbocycles. The van der Waals surface area contributed by atoms with E-state index in [-0.39, 0.29) is 6.54 Å².